The van der Waals surface area contributed by atoms with Crippen molar-refractivity contribution < 1.29 is 29.6 Å². The molecule has 2 rings (SSSR count). The van der Waals surface area contributed by atoms with E-state index in [1.54, 1.807) is 0 Å². The van der Waals surface area contributed by atoms with Gasteiger partial charge in [-0.1, -0.05) is 0 Å². The third kappa shape index (κ3) is 1.97. The maximum Gasteiger partial charge on any atom is 0.326 e. The molecule has 2 aliphatic heterocycles. The summed E-state index contributed by atoms with van der Waals surface area (Å²) in [6.45, 7) is 0.945. The molecule has 0 aliphatic carbocycles. The highest BCUT2D eigenvalue weighted by Gasteiger charge is 2.55. The summed E-state index contributed by atoms with van der Waals surface area (Å²) in [7, 11) is 0. The number of nitrogens with one attached hydrogen (secondary N) is 1. The van der Waals surface area contributed by atoms with E-state index in [0.717, 1.165) is 4.90 Å². The van der Waals surface area contributed by atoms with E-state index in [-0.39, 0.29) is 13.0 Å². The molecule has 0 saturated carbocycles. The first kappa shape index (κ1) is 13.2. The summed E-state index contributed by atoms with van der Waals surface area (Å²) in [5.74, 6) is -0.395. The Labute approximate surface area is 103 Å². The molecule has 18 heavy (non-hydrogen) atoms. The van der Waals surface area contributed by atoms with Crippen molar-refractivity contribution in [3.63, 3.8) is 0 Å². The average molecular weight is 260 g/mol. The molecule has 2 heterocycles. The van der Waals surface area contributed by atoms with Crippen LogP contribution in [-0.2, 0) is 9.53 Å². The van der Waals surface area contributed by atoms with Crippen molar-refractivity contribution in [3.8, 4) is 0 Å². The van der Waals surface area contributed by atoms with Crippen LogP contribution in [0.15, 0.2) is 0 Å². The molecular weight excluding hydrogens is 244 g/mol. The molecule has 8 heteroatoms. The van der Waals surface area contributed by atoms with Gasteiger partial charge in [-0.2, -0.15) is 0 Å². The molecule has 0 aromatic rings. The second-order valence-corrected chi connectivity index (χ2v) is 4.68. The minimum atomic E-state index is -1.70. The van der Waals surface area contributed by atoms with Crippen molar-refractivity contribution in [1.82, 2.24) is 10.2 Å². The molecule has 0 spiro atoms. The lowest BCUT2D eigenvalue weighted by Crippen LogP contribution is -2.60. The molecule has 4 N–H and O–H groups in total. The highest BCUT2D eigenvalue weighted by atomic mass is 16.6. The lowest BCUT2D eigenvalue weighted by Gasteiger charge is -2.37. The van der Waals surface area contributed by atoms with Gasteiger partial charge in [0.15, 0.2) is 6.23 Å². The number of rotatable bonds is 2. The molecule has 4 unspecified atom stereocenters. The Hall–Kier alpha value is -1.22. The van der Waals surface area contributed by atoms with Crippen molar-refractivity contribution in [2.45, 2.75) is 37.4 Å². The summed E-state index contributed by atoms with van der Waals surface area (Å²) < 4.78 is 5.29. The monoisotopic (exact) mass is 260 g/mol. The minimum absolute atomic E-state index is 0.0936. The van der Waals surface area contributed by atoms with Gasteiger partial charge in [0.25, 0.3) is 0 Å². The second kappa shape index (κ2) is 4.47. The normalized spacial score (nSPS) is 41.1. The van der Waals surface area contributed by atoms with E-state index in [0.29, 0.717) is 0 Å². The molecule has 0 bridgehead atoms. The van der Waals surface area contributed by atoms with Gasteiger partial charge in [0.1, 0.15) is 17.8 Å². The van der Waals surface area contributed by atoms with E-state index < -0.39 is 42.6 Å². The molecular formula is C10H16N2O6. The van der Waals surface area contributed by atoms with Crippen LogP contribution in [-0.4, -0.2) is 69.3 Å². The average Bonchev–Trinajstić information content (AvgIpc) is 2.52. The van der Waals surface area contributed by atoms with Crippen LogP contribution >= 0.6 is 0 Å². The van der Waals surface area contributed by atoms with Gasteiger partial charge in [-0.3, -0.25) is 15.0 Å². The zero-order valence-electron chi connectivity index (χ0n) is 9.87. The van der Waals surface area contributed by atoms with Gasteiger partial charge in [-0.05, 0) is 6.92 Å². The van der Waals surface area contributed by atoms with Crippen molar-refractivity contribution in [3.05, 3.63) is 0 Å². The Bertz CT molecular complexity index is 371. The Kier molecular flexibility index (Phi) is 3.28. The standard InChI is InChI=1S/C10H16N2O6/c1-10(17)7(15)5(4-13)18-8(10)12-3-2-6(14)11-9(12)16/h5,7-8,13,15,17H,2-4H2,1H3,(H,11,14,16). The van der Waals surface area contributed by atoms with Gasteiger partial charge in [0.05, 0.1) is 6.61 Å². The van der Waals surface area contributed by atoms with Crippen LogP contribution in [0.4, 0.5) is 4.79 Å². The number of imide groups is 1. The van der Waals surface area contributed by atoms with Crippen LogP contribution < -0.4 is 5.32 Å². The Morgan fingerprint density at radius 1 is 1.56 bits per heavy atom. The molecule has 2 saturated heterocycles. The number of ether oxygens (including phenoxy) is 1. The Balaban J connectivity index is 2.18. The smallest absolute Gasteiger partial charge is 0.326 e. The minimum Gasteiger partial charge on any atom is -0.394 e. The number of carbonyl (C=O) groups is 2. The van der Waals surface area contributed by atoms with Gasteiger partial charge in [-0.25, -0.2) is 4.79 Å². The number of hydrogen-bond acceptors (Lipinski definition) is 6. The number of amides is 3. The highest BCUT2D eigenvalue weighted by Crippen LogP contribution is 2.33. The molecule has 2 aliphatic rings. The molecule has 2 fully saturated rings. The van der Waals surface area contributed by atoms with Gasteiger partial charge >= 0.3 is 6.03 Å². The number of aliphatic hydroxyl groups is 3. The van der Waals surface area contributed by atoms with Crippen LogP contribution in [0.2, 0.25) is 0 Å². The molecule has 0 radical (unpaired) electrons. The van der Waals surface area contributed by atoms with E-state index in [2.05, 4.69) is 5.32 Å². The summed E-state index contributed by atoms with van der Waals surface area (Å²) in [6, 6.07) is -0.678. The maximum absolute atomic E-state index is 11.6. The van der Waals surface area contributed by atoms with Gasteiger partial charge in [-0.15, -0.1) is 0 Å². The third-order valence-electron chi connectivity index (χ3n) is 3.30. The fraction of sp³-hybridized carbons (Fsp3) is 0.800. The predicted octanol–water partition coefficient (Wildman–Crippen LogP) is -2.24. The van der Waals surface area contributed by atoms with Gasteiger partial charge < -0.3 is 20.1 Å². The third-order valence-corrected chi connectivity index (χ3v) is 3.30. The quantitative estimate of drug-likeness (QED) is 0.445. The SMILES string of the molecule is CC1(O)C(O)C(CO)OC1N1CCC(=O)NC1=O. The first-order valence-electron chi connectivity index (χ1n) is 5.65. The fourth-order valence-electron chi connectivity index (χ4n) is 2.23. The number of urea groups is 1. The van der Waals surface area contributed by atoms with Crippen LogP contribution in [0.25, 0.3) is 0 Å². The van der Waals surface area contributed by atoms with Gasteiger partial charge in [0.2, 0.25) is 5.91 Å². The lowest BCUT2D eigenvalue weighted by atomic mass is 9.96. The van der Waals surface area contributed by atoms with E-state index in [4.69, 9.17) is 9.84 Å². The first-order valence-corrected chi connectivity index (χ1v) is 5.65. The summed E-state index contributed by atoms with van der Waals surface area (Å²) in [5, 5.41) is 31.1. The van der Waals surface area contributed by atoms with E-state index >= 15 is 0 Å². The summed E-state index contributed by atoms with van der Waals surface area (Å²) >= 11 is 0. The van der Waals surface area contributed by atoms with Crippen LogP contribution in [0.5, 0.6) is 0 Å². The molecule has 3 amide bonds. The topological polar surface area (TPSA) is 119 Å². The molecule has 102 valence electrons. The highest BCUT2D eigenvalue weighted by molar-refractivity contribution is 5.96. The predicted molar refractivity (Wildman–Crippen MR) is 57.2 cm³/mol. The first-order chi connectivity index (χ1) is 8.37. The van der Waals surface area contributed by atoms with Crippen LogP contribution in [0.3, 0.4) is 0 Å². The molecule has 8 nitrogen and oxygen atoms in total. The molecule has 4 atom stereocenters. The van der Waals surface area contributed by atoms with Crippen molar-refractivity contribution in [1.29, 1.82) is 0 Å². The van der Waals surface area contributed by atoms with E-state index in [9.17, 15) is 19.8 Å². The zero-order chi connectivity index (χ0) is 13.5. The maximum atomic E-state index is 11.6. The van der Waals surface area contributed by atoms with E-state index in [1.807, 2.05) is 0 Å². The lowest BCUT2D eigenvalue weighted by molar-refractivity contribution is -0.134. The van der Waals surface area contributed by atoms with Crippen LogP contribution in [0.1, 0.15) is 13.3 Å². The summed E-state index contributed by atoms with van der Waals surface area (Å²) in [4.78, 5) is 23.8. The summed E-state index contributed by atoms with van der Waals surface area (Å²) in [5.41, 5.74) is -1.70. The summed E-state index contributed by atoms with van der Waals surface area (Å²) in [6.07, 6.45) is -3.27. The Morgan fingerprint density at radius 2 is 2.22 bits per heavy atom. The number of hydrogen-bond donors (Lipinski definition) is 4. The number of aliphatic hydroxyl groups excluding tert-OH is 2. The van der Waals surface area contributed by atoms with Gasteiger partial charge in [0, 0.05) is 13.0 Å². The second-order valence-electron chi connectivity index (χ2n) is 4.68. The molecule has 0 aromatic carbocycles. The number of carbonyl (C=O) groups excluding carboxylic acids is 2. The van der Waals surface area contributed by atoms with Crippen molar-refractivity contribution in [2.75, 3.05) is 13.2 Å². The largest absolute Gasteiger partial charge is 0.394 e. The fourth-order valence-corrected chi connectivity index (χ4v) is 2.23. The van der Waals surface area contributed by atoms with E-state index in [1.165, 1.54) is 6.92 Å². The zero-order valence-corrected chi connectivity index (χ0v) is 9.87. The van der Waals surface area contributed by atoms with Crippen LogP contribution in [0, 0.1) is 0 Å². The Morgan fingerprint density at radius 3 is 2.72 bits per heavy atom. The number of nitrogens with zero attached hydrogens (tertiary/aromatic N) is 1. The molecule has 0 aromatic heterocycles. The van der Waals surface area contributed by atoms with Crippen molar-refractivity contribution in [2.24, 2.45) is 0 Å². The van der Waals surface area contributed by atoms with Crippen molar-refractivity contribution >= 4 is 11.9 Å².